The van der Waals surface area contributed by atoms with E-state index in [2.05, 4.69) is 42.3 Å². The molecule has 0 bridgehead atoms. The van der Waals surface area contributed by atoms with Crippen LogP contribution in [-0.4, -0.2) is 20.2 Å². The Bertz CT molecular complexity index is 554. The third kappa shape index (κ3) is 4.71. The van der Waals surface area contributed by atoms with Crippen molar-refractivity contribution in [2.75, 3.05) is 30.8 Å². The van der Waals surface area contributed by atoms with E-state index in [1.165, 1.54) is 5.56 Å². The van der Waals surface area contributed by atoms with Gasteiger partial charge in [-0.15, -0.1) is 0 Å². The molecule has 0 fully saturated rings. The zero-order valence-corrected chi connectivity index (χ0v) is 12.9. The molecule has 0 aliphatic rings. The summed E-state index contributed by atoms with van der Waals surface area (Å²) >= 11 is 0. The fourth-order valence-corrected chi connectivity index (χ4v) is 2.37. The third-order valence-corrected chi connectivity index (χ3v) is 3.47. The van der Waals surface area contributed by atoms with Gasteiger partial charge in [-0.2, -0.15) is 0 Å². The maximum absolute atomic E-state index is 5.94. The van der Waals surface area contributed by atoms with E-state index >= 15 is 0 Å². The molecule has 0 aliphatic carbocycles. The minimum Gasteiger partial charge on any atom is -0.494 e. The SMILES string of the molecule is CCOc1cc(N)cc(N(C)CCCc2ccccc2)c1. The van der Waals surface area contributed by atoms with Crippen molar-refractivity contribution in [1.82, 2.24) is 0 Å². The van der Waals surface area contributed by atoms with Crippen LogP contribution in [-0.2, 0) is 6.42 Å². The first-order valence-corrected chi connectivity index (χ1v) is 7.47. The van der Waals surface area contributed by atoms with Gasteiger partial charge in [0.2, 0.25) is 0 Å². The van der Waals surface area contributed by atoms with Crippen molar-refractivity contribution in [2.45, 2.75) is 19.8 Å². The summed E-state index contributed by atoms with van der Waals surface area (Å²) in [5.41, 5.74) is 9.17. The topological polar surface area (TPSA) is 38.5 Å². The number of benzene rings is 2. The van der Waals surface area contributed by atoms with Crippen LogP contribution < -0.4 is 15.4 Å². The minimum atomic E-state index is 0.653. The average molecular weight is 284 g/mol. The quantitative estimate of drug-likeness (QED) is 0.787. The Kier molecular flexibility index (Phi) is 5.50. The maximum Gasteiger partial charge on any atom is 0.123 e. The van der Waals surface area contributed by atoms with Crippen LogP contribution in [0.25, 0.3) is 0 Å². The summed E-state index contributed by atoms with van der Waals surface area (Å²) in [6.45, 7) is 3.62. The molecule has 0 radical (unpaired) electrons. The first-order chi connectivity index (χ1) is 10.2. The standard InChI is InChI=1S/C18H24N2O/c1-3-21-18-13-16(19)12-17(14-18)20(2)11-7-10-15-8-5-4-6-9-15/h4-6,8-9,12-14H,3,7,10-11,19H2,1-2H3. The summed E-state index contributed by atoms with van der Waals surface area (Å²) in [4.78, 5) is 2.22. The summed E-state index contributed by atoms with van der Waals surface area (Å²) in [6, 6.07) is 16.5. The maximum atomic E-state index is 5.94. The molecular formula is C18H24N2O. The first-order valence-electron chi connectivity index (χ1n) is 7.47. The predicted octanol–water partition coefficient (Wildman–Crippen LogP) is 3.74. The van der Waals surface area contributed by atoms with E-state index in [-0.39, 0.29) is 0 Å². The number of nitrogens with zero attached hydrogens (tertiary/aromatic N) is 1. The molecule has 2 aromatic carbocycles. The van der Waals surface area contributed by atoms with Crippen molar-refractivity contribution >= 4 is 11.4 Å². The van der Waals surface area contributed by atoms with Gasteiger partial charge in [0.25, 0.3) is 0 Å². The Morgan fingerprint density at radius 2 is 1.86 bits per heavy atom. The Balaban J connectivity index is 1.92. The molecule has 3 nitrogen and oxygen atoms in total. The van der Waals surface area contributed by atoms with Crippen molar-refractivity contribution in [3.05, 3.63) is 54.1 Å². The predicted molar refractivity (Wildman–Crippen MR) is 90.1 cm³/mol. The van der Waals surface area contributed by atoms with Crippen LogP contribution in [0.1, 0.15) is 18.9 Å². The lowest BCUT2D eigenvalue weighted by atomic mass is 10.1. The molecule has 112 valence electrons. The van der Waals surface area contributed by atoms with Crippen molar-refractivity contribution in [1.29, 1.82) is 0 Å². The summed E-state index contributed by atoms with van der Waals surface area (Å²) in [7, 11) is 2.09. The fourth-order valence-electron chi connectivity index (χ4n) is 2.37. The van der Waals surface area contributed by atoms with Crippen LogP contribution in [0.2, 0.25) is 0 Å². The summed E-state index contributed by atoms with van der Waals surface area (Å²) < 4.78 is 5.54. The lowest BCUT2D eigenvalue weighted by Crippen LogP contribution is -2.19. The normalized spacial score (nSPS) is 10.4. The lowest BCUT2D eigenvalue weighted by molar-refractivity contribution is 0.340. The average Bonchev–Trinajstić information content (AvgIpc) is 2.48. The lowest BCUT2D eigenvalue weighted by Gasteiger charge is -2.20. The Morgan fingerprint density at radius 1 is 1.10 bits per heavy atom. The second kappa shape index (κ2) is 7.58. The van der Waals surface area contributed by atoms with Gasteiger partial charge >= 0.3 is 0 Å². The number of aryl methyl sites for hydroxylation is 1. The van der Waals surface area contributed by atoms with E-state index in [1.807, 2.05) is 25.1 Å². The van der Waals surface area contributed by atoms with Crippen LogP contribution in [0.15, 0.2) is 48.5 Å². The molecule has 2 N–H and O–H groups in total. The molecule has 0 aliphatic heterocycles. The molecule has 0 amide bonds. The van der Waals surface area contributed by atoms with Crippen LogP contribution >= 0.6 is 0 Å². The Labute approximate surface area is 127 Å². The van der Waals surface area contributed by atoms with Crippen LogP contribution in [0.3, 0.4) is 0 Å². The minimum absolute atomic E-state index is 0.653. The van der Waals surface area contributed by atoms with Gasteiger partial charge < -0.3 is 15.4 Å². The summed E-state index contributed by atoms with van der Waals surface area (Å²) in [6.07, 6.45) is 2.20. The molecule has 0 saturated carbocycles. The van der Waals surface area contributed by atoms with Gasteiger partial charge in [0, 0.05) is 37.1 Å². The molecule has 0 spiro atoms. The van der Waals surface area contributed by atoms with Gasteiger partial charge in [0.15, 0.2) is 0 Å². The number of hydrogen-bond acceptors (Lipinski definition) is 3. The van der Waals surface area contributed by atoms with E-state index in [4.69, 9.17) is 10.5 Å². The van der Waals surface area contributed by atoms with E-state index in [9.17, 15) is 0 Å². The summed E-state index contributed by atoms with van der Waals surface area (Å²) in [5.74, 6) is 0.836. The van der Waals surface area contributed by atoms with Crippen molar-refractivity contribution in [3.63, 3.8) is 0 Å². The van der Waals surface area contributed by atoms with Gasteiger partial charge in [0.05, 0.1) is 6.61 Å². The Morgan fingerprint density at radius 3 is 2.57 bits per heavy atom. The molecule has 2 rings (SSSR count). The number of anilines is 2. The van der Waals surface area contributed by atoms with Crippen molar-refractivity contribution < 1.29 is 4.74 Å². The fraction of sp³-hybridized carbons (Fsp3) is 0.333. The van der Waals surface area contributed by atoms with Gasteiger partial charge in [-0.3, -0.25) is 0 Å². The third-order valence-electron chi connectivity index (χ3n) is 3.47. The second-order valence-electron chi connectivity index (χ2n) is 5.20. The first kappa shape index (κ1) is 15.2. The molecule has 0 unspecified atom stereocenters. The monoisotopic (exact) mass is 284 g/mol. The number of nitrogens with two attached hydrogens (primary N) is 1. The van der Waals surface area contributed by atoms with Crippen LogP contribution in [0, 0.1) is 0 Å². The smallest absolute Gasteiger partial charge is 0.123 e. The van der Waals surface area contributed by atoms with Gasteiger partial charge in [-0.05, 0) is 31.4 Å². The number of nitrogen functional groups attached to an aromatic ring is 1. The van der Waals surface area contributed by atoms with Gasteiger partial charge in [-0.1, -0.05) is 30.3 Å². The van der Waals surface area contributed by atoms with Crippen molar-refractivity contribution in [2.24, 2.45) is 0 Å². The van der Waals surface area contributed by atoms with Crippen LogP contribution in [0.4, 0.5) is 11.4 Å². The van der Waals surface area contributed by atoms with E-state index in [1.54, 1.807) is 0 Å². The number of rotatable bonds is 7. The zero-order chi connectivity index (χ0) is 15.1. The highest BCUT2D eigenvalue weighted by atomic mass is 16.5. The highest BCUT2D eigenvalue weighted by molar-refractivity contribution is 5.60. The van der Waals surface area contributed by atoms with Crippen molar-refractivity contribution in [3.8, 4) is 5.75 Å². The highest BCUT2D eigenvalue weighted by Gasteiger charge is 2.05. The zero-order valence-electron chi connectivity index (χ0n) is 12.9. The molecule has 2 aromatic rings. The Hall–Kier alpha value is -2.16. The van der Waals surface area contributed by atoms with Gasteiger partial charge in [-0.25, -0.2) is 0 Å². The molecular weight excluding hydrogens is 260 g/mol. The van der Waals surface area contributed by atoms with E-state index in [0.717, 1.165) is 36.5 Å². The number of ether oxygens (including phenoxy) is 1. The summed E-state index contributed by atoms with van der Waals surface area (Å²) in [5, 5.41) is 0. The molecule has 0 atom stereocenters. The molecule has 0 saturated heterocycles. The molecule has 0 aromatic heterocycles. The molecule has 0 heterocycles. The van der Waals surface area contributed by atoms with Crippen LogP contribution in [0.5, 0.6) is 5.75 Å². The second-order valence-corrected chi connectivity index (χ2v) is 5.20. The molecule has 3 heteroatoms. The molecule has 21 heavy (non-hydrogen) atoms. The van der Waals surface area contributed by atoms with E-state index in [0.29, 0.717) is 6.61 Å². The highest BCUT2D eigenvalue weighted by Crippen LogP contribution is 2.25. The number of hydrogen-bond donors (Lipinski definition) is 1. The van der Waals surface area contributed by atoms with E-state index < -0.39 is 0 Å². The van der Waals surface area contributed by atoms with Gasteiger partial charge in [0.1, 0.15) is 5.75 Å². The largest absolute Gasteiger partial charge is 0.494 e.